The van der Waals surface area contributed by atoms with Crippen molar-refractivity contribution < 1.29 is 10.2 Å². The van der Waals surface area contributed by atoms with Gasteiger partial charge < -0.3 is 15.9 Å². The van der Waals surface area contributed by atoms with E-state index in [4.69, 9.17) is 5.73 Å². The molecule has 17 heavy (non-hydrogen) atoms. The van der Waals surface area contributed by atoms with E-state index in [1.165, 1.54) is 0 Å². The van der Waals surface area contributed by atoms with Gasteiger partial charge in [-0.05, 0) is 38.5 Å². The van der Waals surface area contributed by atoms with Crippen molar-refractivity contribution in [1.29, 1.82) is 0 Å². The standard InChI is InChI=1S/C11H22N2O2.C2H6/c12-9-3-7-13(8-4-9)11(15)5-1-10(14)2-6-11;1-2/h9-10,14-15H,1-8,12H2;1-2H3. The molecule has 4 nitrogen and oxygen atoms in total. The zero-order valence-electron chi connectivity index (χ0n) is 11.2. The molecule has 0 bridgehead atoms. The minimum atomic E-state index is -0.667. The number of piperidine rings is 1. The Labute approximate surface area is 105 Å². The number of aliphatic hydroxyl groups excluding tert-OH is 1. The van der Waals surface area contributed by atoms with Gasteiger partial charge in [-0.1, -0.05) is 13.8 Å². The van der Waals surface area contributed by atoms with Crippen LogP contribution in [0.2, 0.25) is 0 Å². The molecule has 0 atom stereocenters. The molecule has 1 heterocycles. The van der Waals surface area contributed by atoms with Crippen LogP contribution in [0.5, 0.6) is 0 Å². The number of nitrogens with two attached hydrogens (primary N) is 1. The van der Waals surface area contributed by atoms with Crippen molar-refractivity contribution in [2.45, 2.75) is 70.2 Å². The molecule has 1 aliphatic heterocycles. The lowest BCUT2D eigenvalue weighted by Crippen LogP contribution is -2.55. The van der Waals surface area contributed by atoms with Gasteiger partial charge >= 0.3 is 0 Å². The molecule has 102 valence electrons. The Morgan fingerprint density at radius 1 is 1.06 bits per heavy atom. The van der Waals surface area contributed by atoms with Crippen LogP contribution < -0.4 is 5.73 Å². The quantitative estimate of drug-likeness (QED) is 0.645. The minimum absolute atomic E-state index is 0.211. The summed E-state index contributed by atoms with van der Waals surface area (Å²) in [7, 11) is 0. The second-order valence-electron chi connectivity index (χ2n) is 5.04. The number of nitrogens with zero attached hydrogens (tertiary/aromatic N) is 1. The van der Waals surface area contributed by atoms with E-state index in [1.54, 1.807) is 0 Å². The van der Waals surface area contributed by atoms with E-state index in [9.17, 15) is 10.2 Å². The Balaban J connectivity index is 0.000000686. The zero-order chi connectivity index (χ0) is 12.9. The first-order valence-electron chi connectivity index (χ1n) is 7.01. The highest BCUT2D eigenvalue weighted by molar-refractivity contribution is 4.89. The predicted molar refractivity (Wildman–Crippen MR) is 69.6 cm³/mol. The first kappa shape index (κ1) is 14.9. The third-order valence-electron chi connectivity index (χ3n) is 3.88. The zero-order valence-corrected chi connectivity index (χ0v) is 11.2. The fourth-order valence-electron chi connectivity index (χ4n) is 2.70. The molecule has 0 radical (unpaired) electrons. The molecule has 1 saturated carbocycles. The summed E-state index contributed by atoms with van der Waals surface area (Å²) in [5.41, 5.74) is 5.18. The summed E-state index contributed by atoms with van der Waals surface area (Å²) >= 11 is 0. The first-order valence-corrected chi connectivity index (χ1v) is 7.01. The van der Waals surface area contributed by atoms with Gasteiger partial charge in [0.2, 0.25) is 0 Å². The van der Waals surface area contributed by atoms with Gasteiger partial charge in [-0.2, -0.15) is 0 Å². The van der Waals surface area contributed by atoms with Crippen LogP contribution in [0.25, 0.3) is 0 Å². The molecule has 1 saturated heterocycles. The molecule has 4 N–H and O–H groups in total. The molecule has 2 fully saturated rings. The summed E-state index contributed by atoms with van der Waals surface area (Å²) in [5, 5.41) is 19.9. The lowest BCUT2D eigenvalue weighted by molar-refractivity contribution is -0.152. The van der Waals surface area contributed by atoms with E-state index < -0.39 is 5.72 Å². The predicted octanol–water partition coefficient (Wildman–Crippen LogP) is 1.06. The van der Waals surface area contributed by atoms with Crippen molar-refractivity contribution in [1.82, 2.24) is 4.90 Å². The second-order valence-corrected chi connectivity index (χ2v) is 5.04. The van der Waals surface area contributed by atoms with E-state index in [0.29, 0.717) is 18.9 Å². The number of rotatable bonds is 1. The number of aliphatic hydroxyl groups is 2. The summed E-state index contributed by atoms with van der Waals surface area (Å²) < 4.78 is 0. The first-order chi connectivity index (χ1) is 8.10. The number of likely N-dealkylation sites (tertiary alicyclic amines) is 1. The molecule has 0 unspecified atom stereocenters. The Morgan fingerprint density at radius 3 is 2.00 bits per heavy atom. The maximum Gasteiger partial charge on any atom is 0.118 e. The molecule has 0 spiro atoms. The van der Waals surface area contributed by atoms with Crippen LogP contribution in [0.15, 0.2) is 0 Å². The van der Waals surface area contributed by atoms with Gasteiger partial charge in [0.05, 0.1) is 6.10 Å². The van der Waals surface area contributed by atoms with Gasteiger partial charge in [0.25, 0.3) is 0 Å². The van der Waals surface area contributed by atoms with E-state index in [1.807, 2.05) is 13.8 Å². The molecular weight excluding hydrogens is 216 g/mol. The molecular formula is C13H28N2O2. The topological polar surface area (TPSA) is 69.7 Å². The highest BCUT2D eigenvalue weighted by atomic mass is 16.3. The van der Waals surface area contributed by atoms with Crippen molar-refractivity contribution >= 4 is 0 Å². The summed E-state index contributed by atoms with van der Waals surface area (Å²) in [4.78, 5) is 2.16. The third kappa shape index (κ3) is 3.91. The summed E-state index contributed by atoms with van der Waals surface area (Å²) in [6.45, 7) is 5.79. The lowest BCUT2D eigenvalue weighted by Gasteiger charge is -2.46. The van der Waals surface area contributed by atoms with Crippen molar-refractivity contribution in [3.63, 3.8) is 0 Å². The van der Waals surface area contributed by atoms with Crippen molar-refractivity contribution in [3.8, 4) is 0 Å². The average molecular weight is 244 g/mol. The van der Waals surface area contributed by atoms with Crippen LogP contribution in [0.3, 0.4) is 0 Å². The summed E-state index contributed by atoms with van der Waals surface area (Å²) in [6, 6.07) is 0.305. The molecule has 4 heteroatoms. The SMILES string of the molecule is CC.NC1CCN(C2(O)CCC(O)CC2)CC1. The fourth-order valence-corrected chi connectivity index (χ4v) is 2.70. The Morgan fingerprint density at radius 2 is 1.53 bits per heavy atom. The Bertz CT molecular complexity index is 207. The van der Waals surface area contributed by atoms with Crippen LogP contribution >= 0.6 is 0 Å². The largest absolute Gasteiger partial charge is 0.393 e. The van der Waals surface area contributed by atoms with Crippen LogP contribution in [0, 0.1) is 0 Å². The smallest absolute Gasteiger partial charge is 0.118 e. The normalized spacial score (nSPS) is 36.2. The molecule has 0 aromatic carbocycles. The second kappa shape index (κ2) is 6.69. The molecule has 2 rings (SSSR count). The van der Waals surface area contributed by atoms with Crippen molar-refractivity contribution in [3.05, 3.63) is 0 Å². The number of hydrogen-bond acceptors (Lipinski definition) is 4. The van der Waals surface area contributed by atoms with Gasteiger partial charge in [-0.3, -0.25) is 4.90 Å². The monoisotopic (exact) mass is 244 g/mol. The van der Waals surface area contributed by atoms with E-state index in [2.05, 4.69) is 4.90 Å². The van der Waals surface area contributed by atoms with Crippen LogP contribution in [-0.4, -0.2) is 46.1 Å². The maximum absolute atomic E-state index is 10.5. The molecule has 0 amide bonds. The van der Waals surface area contributed by atoms with E-state index >= 15 is 0 Å². The average Bonchev–Trinajstić information content (AvgIpc) is 2.36. The summed E-state index contributed by atoms with van der Waals surface area (Å²) in [5.74, 6) is 0. The molecule has 0 aromatic heterocycles. The molecule has 2 aliphatic rings. The van der Waals surface area contributed by atoms with Gasteiger partial charge in [-0.25, -0.2) is 0 Å². The van der Waals surface area contributed by atoms with Crippen LogP contribution in [0.4, 0.5) is 0 Å². The summed E-state index contributed by atoms with van der Waals surface area (Å²) in [6.07, 6.45) is 4.58. The highest BCUT2D eigenvalue weighted by Crippen LogP contribution is 2.33. The Kier molecular flexibility index (Phi) is 5.86. The minimum Gasteiger partial charge on any atom is -0.393 e. The van der Waals surface area contributed by atoms with Crippen molar-refractivity contribution in [2.24, 2.45) is 5.73 Å². The van der Waals surface area contributed by atoms with E-state index in [-0.39, 0.29) is 6.10 Å². The van der Waals surface area contributed by atoms with Gasteiger partial charge in [0.15, 0.2) is 0 Å². The van der Waals surface area contributed by atoms with Gasteiger partial charge in [0, 0.05) is 19.1 Å². The molecule has 0 aromatic rings. The van der Waals surface area contributed by atoms with Gasteiger partial charge in [-0.15, -0.1) is 0 Å². The molecule has 1 aliphatic carbocycles. The third-order valence-corrected chi connectivity index (χ3v) is 3.88. The van der Waals surface area contributed by atoms with Crippen molar-refractivity contribution in [2.75, 3.05) is 13.1 Å². The van der Waals surface area contributed by atoms with Crippen LogP contribution in [-0.2, 0) is 0 Å². The Hall–Kier alpha value is -0.160. The number of hydrogen-bond donors (Lipinski definition) is 3. The van der Waals surface area contributed by atoms with Gasteiger partial charge in [0.1, 0.15) is 5.72 Å². The maximum atomic E-state index is 10.5. The highest BCUT2D eigenvalue weighted by Gasteiger charge is 2.39. The van der Waals surface area contributed by atoms with Crippen LogP contribution in [0.1, 0.15) is 52.4 Å². The fraction of sp³-hybridized carbons (Fsp3) is 1.00. The van der Waals surface area contributed by atoms with E-state index in [0.717, 1.165) is 38.8 Å². The lowest BCUT2D eigenvalue weighted by atomic mass is 9.87.